The molecule has 0 aliphatic heterocycles. The number of hydrogen-bond acceptors (Lipinski definition) is 4. The van der Waals surface area contributed by atoms with Gasteiger partial charge >= 0.3 is 5.97 Å². The summed E-state index contributed by atoms with van der Waals surface area (Å²) < 4.78 is 5.33. The molecule has 4 nitrogen and oxygen atoms in total. The molecule has 1 aliphatic carbocycles. The lowest BCUT2D eigenvalue weighted by molar-refractivity contribution is -0.119. The fourth-order valence-electron chi connectivity index (χ4n) is 2.90. The first kappa shape index (κ1) is 17.2. The van der Waals surface area contributed by atoms with Gasteiger partial charge in [0.15, 0.2) is 0 Å². The van der Waals surface area contributed by atoms with E-state index in [1.807, 2.05) is 32.9 Å². The van der Waals surface area contributed by atoms with Gasteiger partial charge in [-0.05, 0) is 63.6 Å². The van der Waals surface area contributed by atoms with Crippen LogP contribution in [0.2, 0.25) is 0 Å². The van der Waals surface area contributed by atoms with E-state index in [9.17, 15) is 9.59 Å². The molecule has 2 unspecified atom stereocenters. The Morgan fingerprint density at radius 1 is 1.30 bits per heavy atom. The van der Waals surface area contributed by atoms with E-state index in [1.54, 1.807) is 12.1 Å². The Labute approximate surface area is 137 Å². The van der Waals surface area contributed by atoms with E-state index in [0.29, 0.717) is 12.0 Å². The second-order valence-electron chi connectivity index (χ2n) is 7.11. The largest absolute Gasteiger partial charge is 0.456 e. The van der Waals surface area contributed by atoms with Gasteiger partial charge in [-0.25, -0.2) is 4.79 Å². The summed E-state index contributed by atoms with van der Waals surface area (Å²) in [5.74, 6) is -0.512. The van der Waals surface area contributed by atoms with Gasteiger partial charge in [-0.3, -0.25) is 4.79 Å². The van der Waals surface area contributed by atoms with Crippen LogP contribution in [0.15, 0.2) is 24.3 Å². The van der Waals surface area contributed by atoms with Gasteiger partial charge in [-0.15, -0.1) is 0 Å². The minimum absolute atomic E-state index is 0.0813. The van der Waals surface area contributed by atoms with Crippen LogP contribution in [0.3, 0.4) is 0 Å². The highest BCUT2D eigenvalue weighted by atomic mass is 16.6. The van der Waals surface area contributed by atoms with Crippen LogP contribution in [0.4, 0.5) is 0 Å². The lowest BCUT2D eigenvalue weighted by atomic mass is 9.90. The number of aryl methyl sites for hydroxylation is 1. The first-order valence-electron chi connectivity index (χ1n) is 8.05. The molecule has 0 amide bonds. The van der Waals surface area contributed by atoms with E-state index >= 15 is 0 Å². The van der Waals surface area contributed by atoms with Crippen molar-refractivity contribution >= 4 is 11.8 Å². The van der Waals surface area contributed by atoms with Crippen molar-refractivity contribution in [1.29, 1.82) is 5.26 Å². The molecule has 1 fully saturated rings. The maximum absolute atomic E-state index is 12.0. The molecule has 122 valence electrons. The summed E-state index contributed by atoms with van der Waals surface area (Å²) in [6.45, 7) is 5.52. The number of ether oxygens (including phenoxy) is 1. The van der Waals surface area contributed by atoms with E-state index in [2.05, 4.69) is 6.07 Å². The standard InChI is InChI=1S/C19H23NO3/c1-19(2,3)23-18(22)15-8-5-13(6-9-15)4-7-14-10-11-17(21)16(14)12-20/h5-6,8-9,14,16H,4,7,10-11H2,1-3H3. The van der Waals surface area contributed by atoms with Gasteiger partial charge in [0.2, 0.25) is 0 Å². The number of ketones is 1. The van der Waals surface area contributed by atoms with Crippen molar-refractivity contribution in [3.05, 3.63) is 35.4 Å². The van der Waals surface area contributed by atoms with Crippen LogP contribution in [0.1, 0.15) is 56.0 Å². The summed E-state index contributed by atoms with van der Waals surface area (Å²) in [5.41, 5.74) is 1.14. The van der Waals surface area contributed by atoms with Crippen molar-refractivity contribution in [2.75, 3.05) is 0 Å². The Morgan fingerprint density at radius 3 is 2.52 bits per heavy atom. The molecule has 0 aromatic heterocycles. The van der Waals surface area contributed by atoms with Crippen LogP contribution >= 0.6 is 0 Å². The summed E-state index contributed by atoms with van der Waals surface area (Å²) in [6, 6.07) is 9.50. The molecule has 23 heavy (non-hydrogen) atoms. The molecule has 0 heterocycles. The summed E-state index contributed by atoms with van der Waals surface area (Å²) in [4.78, 5) is 23.5. The summed E-state index contributed by atoms with van der Waals surface area (Å²) in [7, 11) is 0. The number of nitrogens with zero attached hydrogens (tertiary/aromatic N) is 1. The minimum Gasteiger partial charge on any atom is -0.456 e. The van der Waals surface area contributed by atoms with Crippen LogP contribution in [0.5, 0.6) is 0 Å². The van der Waals surface area contributed by atoms with E-state index in [1.165, 1.54) is 0 Å². The molecule has 0 bridgehead atoms. The first-order valence-corrected chi connectivity index (χ1v) is 8.05. The van der Waals surface area contributed by atoms with Gasteiger partial charge in [0.25, 0.3) is 0 Å². The van der Waals surface area contributed by atoms with Gasteiger partial charge in [-0.2, -0.15) is 5.26 Å². The van der Waals surface area contributed by atoms with Crippen molar-refractivity contribution in [1.82, 2.24) is 0 Å². The third-order valence-electron chi connectivity index (χ3n) is 4.11. The predicted molar refractivity (Wildman–Crippen MR) is 86.8 cm³/mol. The molecule has 1 aromatic rings. The average molecular weight is 313 g/mol. The lowest BCUT2D eigenvalue weighted by Crippen LogP contribution is -2.23. The minimum atomic E-state index is -0.503. The highest BCUT2D eigenvalue weighted by molar-refractivity contribution is 5.89. The van der Waals surface area contributed by atoms with Crippen molar-refractivity contribution in [3.63, 3.8) is 0 Å². The molecular formula is C19H23NO3. The van der Waals surface area contributed by atoms with Gasteiger partial charge in [0, 0.05) is 6.42 Å². The summed E-state index contributed by atoms with van der Waals surface area (Å²) in [6.07, 6.45) is 2.98. The quantitative estimate of drug-likeness (QED) is 0.795. The Kier molecular flexibility index (Phi) is 5.20. The summed E-state index contributed by atoms with van der Waals surface area (Å²) >= 11 is 0. The number of benzene rings is 1. The topological polar surface area (TPSA) is 67.2 Å². The number of carbonyl (C=O) groups is 2. The highest BCUT2D eigenvalue weighted by Gasteiger charge is 2.34. The second-order valence-corrected chi connectivity index (χ2v) is 7.11. The molecular weight excluding hydrogens is 290 g/mol. The van der Waals surface area contributed by atoms with E-state index in [0.717, 1.165) is 24.8 Å². The van der Waals surface area contributed by atoms with Crippen LogP contribution < -0.4 is 0 Å². The Hall–Kier alpha value is -2.15. The molecule has 1 aromatic carbocycles. The third-order valence-corrected chi connectivity index (χ3v) is 4.11. The molecule has 1 aliphatic rings. The van der Waals surface area contributed by atoms with Crippen molar-refractivity contribution in [2.24, 2.45) is 11.8 Å². The number of hydrogen-bond donors (Lipinski definition) is 0. The smallest absolute Gasteiger partial charge is 0.338 e. The third kappa shape index (κ3) is 4.66. The molecule has 0 saturated heterocycles. The van der Waals surface area contributed by atoms with Gasteiger partial charge in [0.05, 0.1) is 11.6 Å². The van der Waals surface area contributed by atoms with E-state index in [-0.39, 0.29) is 17.7 Å². The zero-order valence-electron chi connectivity index (χ0n) is 14.0. The number of Topliss-reactive ketones (excluding diaryl/α,β-unsaturated/α-hetero) is 1. The number of carbonyl (C=O) groups excluding carboxylic acids is 2. The SMILES string of the molecule is CC(C)(C)OC(=O)c1ccc(CCC2CCC(=O)C2C#N)cc1. The van der Waals surface area contributed by atoms with Crippen molar-refractivity contribution in [2.45, 2.75) is 52.1 Å². The Bertz CT molecular complexity index is 620. The molecule has 1 saturated carbocycles. The fourth-order valence-corrected chi connectivity index (χ4v) is 2.90. The lowest BCUT2D eigenvalue weighted by Gasteiger charge is -2.19. The Balaban J connectivity index is 1.92. The van der Waals surface area contributed by atoms with Gasteiger partial charge in [0.1, 0.15) is 17.3 Å². The number of esters is 1. The summed E-state index contributed by atoms with van der Waals surface area (Å²) in [5, 5.41) is 9.07. The van der Waals surface area contributed by atoms with Crippen LogP contribution in [-0.4, -0.2) is 17.4 Å². The zero-order chi connectivity index (χ0) is 17.0. The maximum atomic E-state index is 12.0. The number of nitriles is 1. The van der Waals surface area contributed by atoms with Crippen LogP contribution in [0.25, 0.3) is 0 Å². The maximum Gasteiger partial charge on any atom is 0.338 e. The van der Waals surface area contributed by atoms with Crippen molar-refractivity contribution in [3.8, 4) is 6.07 Å². The molecule has 0 radical (unpaired) electrons. The molecule has 4 heteroatoms. The molecule has 0 spiro atoms. The highest BCUT2D eigenvalue weighted by Crippen LogP contribution is 2.32. The van der Waals surface area contributed by atoms with Crippen LogP contribution in [0, 0.1) is 23.2 Å². The van der Waals surface area contributed by atoms with Gasteiger partial charge < -0.3 is 4.74 Å². The molecule has 2 rings (SSSR count). The fraction of sp³-hybridized carbons (Fsp3) is 0.526. The van der Waals surface area contributed by atoms with E-state index in [4.69, 9.17) is 10.00 Å². The van der Waals surface area contributed by atoms with Crippen molar-refractivity contribution < 1.29 is 14.3 Å². The van der Waals surface area contributed by atoms with Gasteiger partial charge in [-0.1, -0.05) is 12.1 Å². The number of rotatable bonds is 4. The predicted octanol–water partition coefficient (Wildman–Crippen LogP) is 3.69. The molecule has 2 atom stereocenters. The second kappa shape index (κ2) is 6.95. The zero-order valence-corrected chi connectivity index (χ0v) is 14.0. The van der Waals surface area contributed by atoms with Crippen LogP contribution in [-0.2, 0) is 16.0 Å². The first-order chi connectivity index (χ1) is 10.8. The molecule has 0 N–H and O–H groups in total. The normalized spacial score (nSPS) is 21.0. The van der Waals surface area contributed by atoms with E-state index < -0.39 is 11.5 Å². The monoisotopic (exact) mass is 313 g/mol. The average Bonchev–Trinajstić information content (AvgIpc) is 2.84. The Morgan fingerprint density at radius 2 is 1.96 bits per heavy atom.